The first-order valence-electron chi connectivity index (χ1n) is 9.51. The van der Waals surface area contributed by atoms with Gasteiger partial charge in [-0.25, -0.2) is 4.98 Å². The average Bonchev–Trinajstić information content (AvgIpc) is 3.47. The van der Waals surface area contributed by atoms with E-state index in [2.05, 4.69) is 4.98 Å². The van der Waals surface area contributed by atoms with Crippen LogP contribution in [0.3, 0.4) is 0 Å². The summed E-state index contributed by atoms with van der Waals surface area (Å²) in [5.41, 5.74) is 0.339. The average molecular weight is 424 g/mol. The lowest BCUT2D eigenvalue weighted by atomic mass is 9.99. The second-order valence-electron chi connectivity index (χ2n) is 6.81. The maximum absolute atomic E-state index is 13.0. The number of thiazole rings is 1. The summed E-state index contributed by atoms with van der Waals surface area (Å²) >= 11 is 1.23. The van der Waals surface area contributed by atoms with Gasteiger partial charge in [0, 0.05) is 17.1 Å². The first-order chi connectivity index (χ1) is 14.5. The third-order valence-electron chi connectivity index (χ3n) is 4.68. The van der Waals surface area contributed by atoms with E-state index in [1.165, 1.54) is 16.2 Å². The Morgan fingerprint density at radius 3 is 2.80 bits per heavy atom. The minimum absolute atomic E-state index is 0.0443. The quantitative estimate of drug-likeness (QED) is 0.357. The summed E-state index contributed by atoms with van der Waals surface area (Å²) in [6.45, 7) is 4.30. The van der Waals surface area contributed by atoms with Gasteiger partial charge < -0.3 is 14.3 Å². The fraction of sp³-hybridized carbons (Fsp3) is 0.227. The number of ketones is 1. The molecular weight excluding hydrogens is 404 g/mol. The number of amides is 1. The molecule has 8 heteroatoms. The van der Waals surface area contributed by atoms with Crippen LogP contribution in [0.4, 0.5) is 5.13 Å². The van der Waals surface area contributed by atoms with Crippen molar-refractivity contribution in [2.45, 2.75) is 26.3 Å². The molecule has 2 aromatic heterocycles. The van der Waals surface area contributed by atoms with Crippen molar-refractivity contribution in [2.75, 3.05) is 11.5 Å². The van der Waals surface area contributed by atoms with Crippen molar-refractivity contribution in [1.82, 2.24) is 4.98 Å². The Kier molecular flexibility index (Phi) is 5.41. The summed E-state index contributed by atoms with van der Waals surface area (Å²) in [7, 11) is 0. The molecule has 4 rings (SSSR count). The van der Waals surface area contributed by atoms with Crippen molar-refractivity contribution >= 4 is 33.9 Å². The number of aliphatic hydroxyl groups is 1. The first-order valence-corrected chi connectivity index (χ1v) is 10.4. The van der Waals surface area contributed by atoms with Gasteiger partial charge in [0.05, 0.1) is 12.2 Å². The molecule has 1 aliphatic heterocycles. The molecule has 0 spiro atoms. The molecule has 1 aliphatic rings. The summed E-state index contributed by atoms with van der Waals surface area (Å²) in [5, 5.41) is 13.2. The molecular formula is C22H20N2O5S. The fourth-order valence-electron chi connectivity index (χ4n) is 3.34. The molecule has 3 aromatic rings. The zero-order valence-electron chi connectivity index (χ0n) is 16.5. The molecule has 30 heavy (non-hydrogen) atoms. The Bertz CT molecular complexity index is 1120. The standard InChI is InChI=1S/C22H20N2O5S/c1-3-10-28-15-6-4-5-14(12-15)19(25)17-18(16-8-7-13(2)29-16)24(21(27)20(17)26)22-23-9-11-30-22/h4-9,11-12,18,25H,3,10H2,1-2H3/b19-17+. The van der Waals surface area contributed by atoms with Crippen LogP contribution in [-0.4, -0.2) is 28.4 Å². The number of benzene rings is 1. The topological polar surface area (TPSA) is 92.9 Å². The molecule has 1 N–H and O–H groups in total. The Balaban J connectivity index is 1.85. The molecule has 0 saturated carbocycles. The number of aromatic nitrogens is 1. The Hall–Kier alpha value is -3.39. The van der Waals surface area contributed by atoms with Gasteiger partial charge in [-0.3, -0.25) is 14.5 Å². The number of carbonyl (C=O) groups excluding carboxylic acids is 2. The number of furan rings is 1. The largest absolute Gasteiger partial charge is 0.507 e. The van der Waals surface area contributed by atoms with Crippen LogP contribution in [0.5, 0.6) is 5.75 Å². The molecule has 0 bridgehead atoms. The molecule has 1 fully saturated rings. The van der Waals surface area contributed by atoms with Crippen LogP contribution in [0.1, 0.15) is 36.5 Å². The molecule has 3 heterocycles. The van der Waals surface area contributed by atoms with Gasteiger partial charge in [-0.15, -0.1) is 11.3 Å². The molecule has 0 radical (unpaired) electrons. The number of hydrogen-bond donors (Lipinski definition) is 1. The highest BCUT2D eigenvalue weighted by atomic mass is 32.1. The van der Waals surface area contributed by atoms with Gasteiger partial charge in [0.25, 0.3) is 5.78 Å². The van der Waals surface area contributed by atoms with Crippen molar-refractivity contribution in [3.05, 3.63) is 70.6 Å². The van der Waals surface area contributed by atoms with Crippen molar-refractivity contribution in [2.24, 2.45) is 0 Å². The maximum atomic E-state index is 13.0. The summed E-state index contributed by atoms with van der Waals surface area (Å²) in [6.07, 6.45) is 2.39. The third-order valence-corrected chi connectivity index (χ3v) is 5.45. The number of carbonyl (C=O) groups is 2. The number of aryl methyl sites for hydroxylation is 1. The highest BCUT2D eigenvalue weighted by molar-refractivity contribution is 7.14. The van der Waals surface area contributed by atoms with Crippen LogP contribution in [0.25, 0.3) is 5.76 Å². The predicted molar refractivity (Wildman–Crippen MR) is 113 cm³/mol. The smallest absolute Gasteiger partial charge is 0.302 e. The van der Waals surface area contributed by atoms with Crippen LogP contribution < -0.4 is 9.64 Å². The van der Waals surface area contributed by atoms with E-state index in [4.69, 9.17) is 9.15 Å². The lowest BCUT2D eigenvalue weighted by Crippen LogP contribution is -2.29. The van der Waals surface area contributed by atoms with Gasteiger partial charge in [-0.2, -0.15) is 0 Å². The van der Waals surface area contributed by atoms with Gasteiger partial charge in [0.15, 0.2) is 5.13 Å². The first kappa shape index (κ1) is 19.9. The van der Waals surface area contributed by atoms with Gasteiger partial charge in [-0.05, 0) is 37.6 Å². The molecule has 1 aromatic carbocycles. The van der Waals surface area contributed by atoms with Crippen molar-refractivity contribution in [3.8, 4) is 5.75 Å². The monoisotopic (exact) mass is 424 g/mol. The Labute approximate surface area is 177 Å². The Morgan fingerprint density at radius 2 is 2.13 bits per heavy atom. The molecule has 7 nitrogen and oxygen atoms in total. The number of hydrogen-bond acceptors (Lipinski definition) is 7. The van der Waals surface area contributed by atoms with Crippen LogP contribution in [-0.2, 0) is 9.59 Å². The summed E-state index contributed by atoms with van der Waals surface area (Å²) in [5.74, 6) is -0.258. The number of anilines is 1. The van der Waals surface area contributed by atoms with E-state index >= 15 is 0 Å². The third kappa shape index (κ3) is 3.50. The Morgan fingerprint density at radius 1 is 1.30 bits per heavy atom. The number of ether oxygens (including phenoxy) is 1. The fourth-order valence-corrected chi connectivity index (χ4v) is 4.01. The normalized spacial score (nSPS) is 18.2. The molecule has 0 aliphatic carbocycles. The number of aliphatic hydroxyl groups excluding tert-OH is 1. The second kappa shape index (κ2) is 8.16. The summed E-state index contributed by atoms with van der Waals surface area (Å²) in [6, 6.07) is 9.33. The number of nitrogens with zero attached hydrogens (tertiary/aromatic N) is 2. The lowest BCUT2D eigenvalue weighted by Gasteiger charge is -2.20. The SMILES string of the molecule is CCCOc1cccc(/C(O)=C2\C(=O)C(=O)N(c3nccs3)C2c2ccc(C)o2)c1. The second-order valence-corrected chi connectivity index (χ2v) is 7.68. The van der Waals surface area contributed by atoms with Gasteiger partial charge in [-0.1, -0.05) is 19.1 Å². The predicted octanol–water partition coefficient (Wildman–Crippen LogP) is 4.46. The van der Waals surface area contributed by atoms with Crippen LogP contribution in [0, 0.1) is 6.92 Å². The number of Topliss-reactive ketones (excluding diaryl/α,β-unsaturated/α-hetero) is 1. The maximum Gasteiger partial charge on any atom is 0.302 e. The highest BCUT2D eigenvalue weighted by Gasteiger charge is 2.49. The van der Waals surface area contributed by atoms with Gasteiger partial charge >= 0.3 is 5.91 Å². The molecule has 1 saturated heterocycles. The van der Waals surface area contributed by atoms with Crippen molar-refractivity contribution in [3.63, 3.8) is 0 Å². The van der Waals surface area contributed by atoms with E-state index in [9.17, 15) is 14.7 Å². The van der Waals surface area contributed by atoms with Crippen molar-refractivity contribution < 1.29 is 23.8 Å². The van der Waals surface area contributed by atoms with E-state index < -0.39 is 17.7 Å². The highest BCUT2D eigenvalue weighted by Crippen LogP contribution is 2.43. The van der Waals surface area contributed by atoms with E-state index in [0.29, 0.717) is 34.6 Å². The molecule has 1 amide bonds. The van der Waals surface area contributed by atoms with Crippen LogP contribution in [0.15, 0.2) is 58.0 Å². The zero-order chi connectivity index (χ0) is 21.3. The van der Waals surface area contributed by atoms with Crippen molar-refractivity contribution in [1.29, 1.82) is 0 Å². The summed E-state index contributed by atoms with van der Waals surface area (Å²) < 4.78 is 11.4. The molecule has 1 atom stereocenters. The van der Waals surface area contributed by atoms with Crippen LogP contribution in [0.2, 0.25) is 0 Å². The number of rotatable bonds is 6. The van der Waals surface area contributed by atoms with Crippen LogP contribution >= 0.6 is 11.3 Å². The summed E-state index contributed by atoms with van der Waals surface area (Å²) in [4.78, 5) is 31.3. The van der Waals surface area contributed by atoms with E-state index in [-0.39, 0.29) is 11.3 Å². The van der Waals surface area contributed by atoms with E-state index in [1.807, 2.05) is 6.92 Å². The minimum atomic E-state index is -0.912. The molecule has 154 valence electrons. The van der Waals surface area contributed by atoms with Gasteiger partial charge in [0.2, 0.25) is 0 Å². The molecule has 1 unspecified atom stereocenters. The van der Waals surface area contributed by atoms with Gasteiger partial charge in [0.1, 0.15) is 29.1 Å². The zero-order valence-corrected chi connectivity index (χ0v) is 17.3. The minimum Gasteiger partial charge on any atom is -0.507 e. The lowest BCUT2D eigenvalue weighted by molar-refractivity contribution is -0.132. The van der Waals surface area contributed by atoms with E-state index in [1.54, 1.807) is 54.9 Å². The van der Waals surface area contributed by atoms with E-state index in [0.717, 1.165) is 6.42 Å².